The van der Waals surface area contributed by atoms with Crippen LogP contribution in [0.1, 0.15) is 38.7 Å². The number of carbonyl (C=O) groups excluding carboxylic acids is 1. The van der Waals surface area contributed by atoms with Gasteiger partial charge in [-0.3, -0.25) is 0 Å². The SMILES string of the molecule is CCOc1ccc(Cl)cc1CCNC(=O)N1CCCC(C)(OC)CC1. The number of urea groups is 1. The Kier molecular flexibility index (Phi) is 7.38. The summed E-state index contributed by atoms with van der Waals surface area (Å²) in [6.45, 7) is 6.71. The van der Waals surface area contributed by atoms with Crippen LogP contribution in [0.4, 0.5) is 4.79 Å². The van der Waals surface area contributed by atoms with E-state index in [9.17, 15) is 4.79 Å². The van der Waals surface area contributed by atoms with Gasteiger partial charge in [0.25, 0.3) is 0 Å². The zero-order chi connectivity index (χ0) is 18.3. The molecular weight excluding hydrogens is 340 g/mol. The first-order valence-corrected chi connectivity index (χ1v) is 9.34. The van der Waals surface area contributed by atoms with Gasteiger partial charge in [0.15, 0.2) is 0 Å². The van der Waals surface area contributed by atoms with Gasteiger partial charge in [0, 0.05) is 31.8 Å². The molecule has 0 radical (unpaired) electrons. The maximum atomic E-state index is 12.4. The maximum Gasteiger partial charge on any atom is 0.317 e. The minimum absolute atomic E-state index is 0.0136. The summed E-state index contributed by atoms with van der Waals surface area (Å²) in [6.07, 6.45) is 3.49. The van der Waals surface area contributed by atoms with E-state index in [4.69, 9.17) is 21.1 Å². The molecule has 140 valence electrons. The lowest BCUT2D eigenvalue weighted by atomic mass is 9.97. The average molecular weight is 369 g/mol. The largest absolute Gasteiger partial charge is 0.494 e. The predicted octanol–water partition coefficient (Wildman–Crippen LogP) is 3.88. The third-order valence-corrected chi connectivity index (χ3v) is 5.05. The van der Waals surface area contributed by atoms with Crippen LogP contribution in [-0.2, 0) is 11.2 Å². The zero-order valence-corrected chi connectivity index (χ0v) is 16.2. The second-order valence-corrected chi connectivity index (χ2v) is 7.10. The molecule has 2 amide bonds. The molecule has 25 heavy (non-hydrogen) atoms. The summed E-state index contributed by atoms with van der Waals surface area (Å²) < 4.78 is 11.2. The Morgan fingerprint density at radius 2 is 2.16 bits per heavy atom. The number of likely N-dealkylation sites (tertiary alicyclic amines) is 1. The number of benzene rings is 1. The molecule has 1 atom stereocenters. The highest BCUT2D eigenvalue weighted by Crippen LogP contribution is 2.25. The molecule has 1 fully saturated rings. The van der Waals surface area contributed by atoms with Crippen LogP contribution in [0, 0.1) is 0 Å². The van der Waals surface area contributed by atoms with Crippen LogP contribution in [-0.4, -0.2) is 49.9 Å². The van der Waals surface area contributed by atoms with Gasteiger partial charge < -0.3 is 19.7 Å². The highest BCUT2D eigenvalue weighted by atomic mass is 35.5. The number of hydrogen-bond acceptors (Lipinski definition) is 3. The van der Waals surface area contributed by atoms with Crippen LogP contribution in [0.25, 0.3) is 0 Å². The molecule has 1 aliphatic rings. The number of nitrogens with zero attached hydrogens (tertiary/aromatic N) is 1. The molecule has 0 bridgehead atoms. The van der Waals surface area contributed by atoms with Gasteiger partial charge in [-0.25, -0.2) is 4.79 Å². The van der Waals surface area contributed by atoms with Crippen LogP contribution in [0.15, 0.2) is 18.2 Å². The molecule has 5 nitrogen and oxygen atoms in total. The quantitative estimate of drug-likeness (QED) is 0.828. The summed E-state index contributed by atoms with van der Waals surface area (Å²) in [7, 11) is 1.75. The number of nitrogens with one attached hydrogen (secondary N) is 1. The Hall–Kier alpha value is -1.46. The first-order chi connectivity index (χ1) is 12.0. The zero-order valence-electron chi connectivity index (χ0n) is 15.4. The van der Waals surface area contributed by atoms with Crippen molar-refractivity contribution in [3.8, 4) is 5.75 Å². The lowest BCUT2D eigenvalue weighted by Gasteiger charge is -2.26. The van der Waals surface area contributed by atoms with E-state index in [2.05, 4.69) is 12.2 Å². The molecule has 0 aliphatic carbocycles. The third kappa shape index (κ3) is 5.79. The molecule has 1 unspecified atom stereocenters. The Bertz CT molecular complexity index is 582. The van der Waals surface area contributed by atoms with Crippen molar-refractivity contribution in [2.24, 2.45) is 0 Å². The van der Waals surface area contributed by atoms with E-state index in [0.29, 0.717) is 24.6 Å². The predicted molar refractivity (Wildman–Crippen MR) is 101 cm³/mol. The van der Waals surface area contributed by atoms with Gasteiger partial charge in [0.1, 0.15) is 5.75 Å². The summed E-state index contributed by atoms with van der Waals surface area (Å²) in [4.78, 5) is 14.3. The van der Waals surface area contributed by atoms with Crippen LogP contribution < -0.4 is 10.1 Å². The van der Waals surface area contributed by atoms with Crippen LogP contribution in [0.2, 0.25) is 5.02 Å². The van der Waals surface area contributed by atoms with Crippen LogP contribution in [0.5, 0.6) is 5.75 Å². The monoisotopic (exact) mass is 368 g/mol. The number of rotatable bonds is 6. The van der Waals surface area contributed by atoms with Gasteiger partial charge in [-0.2, -0.15) is 0 Å². The van der Waals surface area contributed by atoms with Gasteiger partial charge >= 0.3 is 6.03 Å². The summed E-state index contributed by atoms with van der Waals surface area (Å²) in [5.41, 5.74) is 0.889. The standard InChI is InChI=1S/C19H29ClN2O3/c1-4-25-17-7-6-16(20)14-15(17)8-11-21-18(23)22-12-5-9-19(2,24-3)10-13-22/h6-7,14H,4-5,8-13H2,1-3H3,(H,21,23). The highest BCUT2D eigenvalue weighted by molar-refractivity contribution is 6.30. The van der Waals surface area contributed by atoms with Crippen molar-refractivity contribution >= 4 is 17.6 Å². The van der Waals surface area contributed by atoms with Gasteiger partial charge in [-0.1, -0.05) is 11.6 Å². The van der Waals surface area contributed by atoms with Gasteiger partial charge in [-0.05, 0) is 63.3 Å². The number of ether oxygens (including phenoxy) is 2. The molecular formula is C19H29ClN2O3. The lowest BCUT2D eigenvalue weighted by molar-refractivity contribution is -0.00499. The number of methoxy groups -OCH3 is 1. The van der Waals surface area contributed by atoms with Crippen molar-refractivity contribution in [1.82, 2.24) is 10.2 Å². The summed E-state index contributed by atoms with van der Waals surface area (Å²) in [5, 5.41) is 3.69. The first kappa shape index (κ1) is 19.9. The van der Waals surface area contributed by atoms with E-state index < -0.39 is 0 Å². The van der Waals surface area contributed by atoms with E-state index in [0.717, 1.165) is 43.7 Å². The molecule has 1 aromatic carbocycles. The molecule has 2 rings (SSSR count). The van der Waals surface area contributed by atoms with Gasteiger partial charge in [0.2, 0.25) is 0 Å². The Morgan fingerprint density at radius 1 is 1.36 bits per heavy atom. The fraction of sp³-hybridized carbons (Fsp3) is 0.632. The highest BCUT2D eigenvalue weighted by Gasteiger charge is 2.29. The Balaban J connectivity index is 1.85. The maximum absolute atomic E-state index is 12.4. The molecule has 6 heteroatoms. The normalized spacial score (nSPS) is 20.9. The summed E-state index contributed by atoms with van der Waals surface area (Å²) in [5.74, 6) is 0.826. The first-order valence-electron chi connectivity index (χ1n) is 8.96. The molecule has 1 aromatic rings. The van der Waals surface area contributed by atoms with E-state index in [1.807, 2.05) is 30.0 Å². The number of halogens is 1. The summed E-state index contributed by atoms with van der Waals surface area (Å²) >= 11 is 6.08. The smallest absolute Gasteiger partial charge is 0.317 e. The third-order valence-electron chi connectivity index (χ3n) is 4.82. The van der Waals surface area contributed by atoms with Crippen molar-refractivity contribution < 1.29 is 14.3 Å². The number of hydrogen-bond donors (Lipinski definition) is 1. The van der Waals surface area contributed by atoms with Crippen molar-refractivity contribution in [2.45, 2.75) is 45.1 Å². The lowest BCUT2D eigenvalue weighted by Crippen LogP contribution is -2.42. The molecule has 0 aromatic heterocycles. The minimum atomic E-state index is -0.123. The molecule has 1 N–H and O–H groups in total. The number of amides is 2. The molecule has 0 saturated carbocycles. The fourth-order valence-electron chi connectivity index (χ4n) is 3.11. The van der Waals surface area contributed by atoms with Gasteiger partial charge in [0.05, 0.1) is 12.2 Å². The van der Waals surface area contributed by atoms with E-state index in [1.165, 1.54) is 0 Å². The van der Waals surface area contributed by atoms with Crippen LogP contribution >= 0.6 is 11.6 Å². The second-order valence-electron chi connectivity index (χ2n) is 6.66. The van der Waals surface area contributed by atoms with Gasteiger partial charge in [-0.15, -0.1) is 0 Å². The van der Waals surface area contributed by atoms with Crippen molar-refractivity contribution in [3.05, 3.63) is 28.8 Å². The van der Waals surface area contributed by atoms with Crippen molar-refractivity contribution in [2.75, 3.05) is 33.4 Å². The van der Waals surface area contributed by atoms with E-state index in [1.54, 1.807) is 7.11 Å². The van der Waals surface area contributed by atoms with Crippen LogP contribution in [0.3, 0.4) is 0 Å². The Labute approximate surface area is 155 Å². The van der Waals surface area contributed by atoms with Crippen molar-refractivity contribution in [1.29, 1.82) is 0 Å². The Morgan fingerprint density at radius 3 is 2.88 bits per heavy atom. The molecule has 1 saturated heterocycles. The second kappa shape index (κ2) is 9.30. The fourth-order valence-corrected chi connectivity index (χ4v) is 3.31. The topological polar surface area (TPSA) is 50.8 Å². The molecule has 1 heterocycles. The van der Waals surface area contributed by atoms with E-state index >= 15 is 0 Å². The van der Waals surface area contributed by atoms with E-state index in [-0.39, 0.29) is 11.6 Å². The van der Waals surface area contributed by atoms with Crippen molar-refractivity contribution in [3.63, 3.8) is 0 Å². The minimum Gasteiger partial charge on any atom is -0.494 e. The molecule has 1 aliphatic heterocycles. The summed E-state index contributed by atoms with van der Waals surface area (Å²) in [6, 6.07) is 5.58. The average Bonchev–Trinajstić information content (AvgIpc) is 2.80. The molecule has 0 spiro atoms. The number of carbonyl (C=O) groups is 1.